The molecule has 0 radical (unpaired) electrons. The van der Waals surface area contributed by atoms with Crippen LogP contribution in [0.3, 0.4) is 0 Å². The fraction of sp³-hybridized carbons (Fsp3) is 0.250. The Morgan fingerprint density at radius 1 is 0.895 bits per heavy atom. The van der Waals surface area contributed by atoms with E-state index in [4.69, 9.17) is 11.8 Å². The van der Waals surface area contributed by atoms with Crippen LogP contribution < -0.4 is 5.32 Å². The van der Waals surface area contributed by atoms with Gasteiger partial charge in [0.1, 0.15) is 0 Å². The Morgan fingerprint density at radius 2 is 1.47 bits per heavy atom. The van der Waals surface area contributed by atoms with E-state index >= 15 is 0 Å². The highest BCUT2D eigenvalue weighted by atomic mass is 35.5. The largest absolute Gasteiger partial charge is 0.307 e. The zero-order chi connectivity index (χ0) is 13.1. The van der Waals surface area contributed by atoms with Crippen molar-refractivity contribution in [3.8, 4) is 0 Å². The SMILES string of the molecule is ClN1CCNC(c2ccccc2)C1c1ccccc1. The number of hydrogen-bond donors (Lipinski definition) is 1. The Kier molecular flexibility index (Phi) is 3.83. The summed E-state index contributed by atoms with van der Waals surface area (Å²) in [6.45, 7) is 1.76. The Bertz CT molecular complexity index is 515. The van der Waals surface area contributed by atoms with E-state index in [0.29, 0.717) is 0 Å². The van der Waals surface area contributed by atoms with Crippen LogP contribution in [-0.2, 0) is 0 Å². The van der Waals surface area contributed by atoms with E-state index < -0.39 is 0 Å². The first kappa shape index (κ1) is 12.7. The highest BCUT2D eigenvalue weighted by Gasteiger charge is 2.32. The summed E-state index contributed by atoms with van der Waals surface area (Å²) >= 11 is 6.46. The van der Waals surface area contributed by atoms with Gasteiger partial charge in [0.05, 0.1) is 12.1 Å². The maximum atomic E-state index is 6.46. The average molecular weight is 273 g/mol. The third-order valence-corrected chi connectivity index (χ3v) is 3.99. The highest BCUT2D eigenvalue weighted by Crippen LogP contribution is 2.37. The molecule has 1 saturated heterocycles. The predicted molar refractivity (Wildman–Crippen MR) is 78.9 cm³/mol. The van der Waals surface area contributed by atoms with Gasteiger partial charge in [0.25, 0.3) is 0 Å². The number of halogens is 1. The molecular formula is C16H17ClN2. The molecule has 2 unspecified atom stereocenters. The summed E-state index contributed by atoms with van der Waals surface area (Å²) in [5, 5.41) is 3.59. The van der Waals surface area contributed by atoms with E-state index in [1.54, 1.807) is 0 Å². The molecule has 0 bridgehead atoms. The molecule has 98 valence electrons. The van der Waals surface area contributed by atoms with Gasteiger partial charge in [0.15, 0.2) is 0 Å². The van der Waals surface area contributed by atoms with E-state index in [2.05, 4.69) is 53.8 Å². The number of nitrogens with one attached hydrogen (secondary N) is 1. The topological polar surface area (TPSA) is 15.3 Å². The van der Waals surface area contributed by atoms with E-state index in [1.807, 2.05) is 16.6 Å². The van der Waals surface area contributed by atoms with Crippen molar-refractivity contribution >= 4 is 11.8 Å². The lowest BCUT2D eigenvalue weighted by Gasteiger charge is -2.38. The van der Waals surface area contributed by atoms with Crippen LogP contribution in [0, 0.1) is 0 Å². The lowest BCUT2D eigenvalue weighted by molar-refractivity contribution is 0.218. The molecule has 3 heteroatoms. The second kappa shape index (κ2) is 5.74. The summed E-state index contributed by atoms with van der Waals surface area (Å²) in [4.78, 5) is 0. The summed E-state index contributed by atoms with van der Waals surface area (Å²) < 4.78 is 1.92. The van der Waals surface area contributed by atoms with Crippen molar-refractivity contribution in [2.24, 2.45) is 0 Å². The molecule has 0 amide bonds. The van der Waals surface area contributed by atoms with Crippen LogP contribution in [0.2, 0.25) is 0 Å². The molecule has 1 N–H and O–H groups in total. The first-order valence-electron chi connectivity index (χ1n) is 6.62. The Balaban J connectivity index is 1.97. The smallest absolute Gasteiger partial charge is 0.0696 e. The molecule has 0 aromatic heterocycles. The van der Waals surface area contributed by atoms with Crippen molar-refractivity contribution in [1.82, 2.24) is 9.74 Å². The van der Waals surface area contributed by atoms with Gasteiger partial charge in [0.2, 0.25) is 0 Å². The molecule has 0 spiro atoms. The van der Waals surface area contributed by atoms with Crippen molar-refractivity contribution in [2.75, 3.05) is 13.1 Å². The molecule has 2 aromatic carbocycles. The van der Waals surface area contributed by atoms with Crippen molar-refractivity contribution in [3.05, 3.63) is 71.8 Å². The van der Waals surface area contributed by atoms with E-state index in [9.17, 15) is 0 Å². The van der Waals surface area contributed by atoms with Crippen LogP contribution >= 0.6 is 11.8 Å². The van der Waals surface area contributed by atoms with Crippen molar-refractivity contribution in [2.45, 2.75) is 12.1 Å². The first-order chi connectivity index (χ1) is 9.36. The number of hydrogen-bond acceptors (Lipinski definition) is 2. The number of piperazine rings is 1. The van der Waals surface area contributed by atoms with Gasteiger partial charge >= 0.3 is 0 Å². The van der Waals surface area contributed by atoms with Gasteiger partial charge in [-0.05, 0) is 22.9 Å². The molecule has 1 fully saturated rings. The lowest BCUT2D eigenvalue weighted by Crippen LogP contribution is -2.44. The van der Waals surface area contributed by atoms with E-state index in [1.165, 1.54) is 11.1 Å². The number of rotatable bonds is 2. The summed E-state index contributed by atoms with van der Waals surface area (Å²) in [5.74, 6) is 0. The molecule has 1 aliphatic rings. The molecule has 2 aromatic rings. The molecular weight excluding hydrogens is 256 g/mol. The minimum atomic E-state index is 0.166. The average Bonchev–Trinajstić information content (AvgIpc) is 2.49. The fourth-order valence-corrected chi connectivity index (χ4v) is 3.01. The van der Waals surface area contributed by atoms with E-state index in [0.717, 1.165) is 13.1 Å². The van der Waals surface area contributed by atoms with Crippen molar-refractivity contribution in [3.63, 3.8) is 0 Å². The van der Waals surface area contributed by atoms with Crippen LogP contribution in [-0.4, -0.2) is 17.5 Å². The van der Waals surface area contributed by atoms with Crippen LogP contribution in [0.15, 0.2) is 60.7 Å². The highest BCUT2D eigenvalue weighted by molar-refractivity contribution is 6.13. The Morgan fingerprint density at radius 3 is 2.11 bits per heavy atom. The minimum absolute atomic E-state index is 0.166. The summed E-state index contributed by atoms with van der Waals surface area (Å²) in [6.07, 6.45) is 0. The second-order valence-corrected chi connectivity index (χ2v) is 5.26. The van der Waals surface area contributed by atoms with Gasteiger partial charge < -0.3 is 5.32 Å². The number of nitrogens with zero attached hydrogens (tertiary/aromatic N) is 1. The van der Waals surface area contributed by atoms with Crippen LogP contribution in [0.1, 0.15) is 23.2 Å². The molecule has 1 heterocycles. The Labute approximate surface area is 119 Å². The minimum Gasteiger partial charge on any atom is -0.307 e. The third kappa shape index (κ3) is 2.66. The van der Waals surface area contributed by atoms with Crippen molar-refractivity contribution in [1.29, 1.82) is 0 Å². The lowest BCUT2D eigenvalue weighted by atomic mass is 9.92. The zero-order valence-electron chi connectivity index (χ0n) is 10.7. The zero-order valence-corrected chi connectivity index (χ0v) is 11.4. The molecule has 2 nitrogen and oxygen atoms in total. The molecule has 3 rings (SSSR count). The summed E-state index contributed by atoms with van der Waals surface area (Å²) in [6, 6.07) is 21.4. The molecule has 0 aliphatic carbocycles. The maximum Gasteiger partial charge on any atom is 0.0696 e. The van der Waals surface area contributed by atoms with Gasteiger partial charge in [0, 0.05) is 13.1 Å². The predicted octanol–water partition coefficient (Wildman–Crippen LogP) is 3.53. The number of benzene rings is 2. The summed E-state index contributed by atoms with van der Waals surface area (Å²) in [7, 11) is 0. The maximum absolute atomic E-state index is 6.46. The van der Waals surface area contributed by atoms with Gasteiger partial charge in [-0.3, -0.25) is 0 Å². The quantitative estimate of drug-likeness (QED) is 0.842. The molecule has 0 saturated carbocycles. The van der Waals surface area contributed by atoms with Crippen molar-refractivity contribution < 1.29 is 0 Å². The molecule has 2 atom stereocenters. The van der Waals surface area contributed by atoms with Crippen LogP contribution in [0.25, 0.3) is 0 Å². The summed E-state index contributed by atoms with van der Waals surface area (Å²) in [5.41, 5.74) is 2.53. The fourth-order valence-electron chi connectivity index (χ4n) is 2.70. The normalized spacial score (nSPS) is 24.3. The van der Waals surface area contributed by atoms with Crippen LogP contribution in [0.4, 0.5) is 0 Å². The molecule has 1 aliphatic heterocycles. The first-order valence-corrected chi connectivity index (χ1v) is 6.96. The van der Waals surface area contributed by atoms with Gasteiger partial charge in [-0.2, -0.15) is 0 Å². The monoisotopic (exact) mass is 272 g/mol. The third-order valence-electron chi connectivity index (χ3n) is 3.61. The van der Waals surface area contributed by atoms with Gasteiger partial charge in [-0.1, -0.05) is 60.7 Å². The van der Waals surface area contributed by atoms with Gasteiger partial charge in [-0.15, -0.1) is 0 Å². The van der Waals surface area contributed by atoms with Gasteiger partial charge in [-0.25, -0.2) is 4.42 Å². The standard InChI is InChI=1S/C16H17ClN2/c17-19-12-11-18-15(13-7-3-1-4-8-13)16(19)14-9-5-2-6-10-14/h1-10,15-16,18H,11-12H2. The Hall–Kier alpha value is -1.35. The molecule has 19 heavy (non-hydrogen) atoms. The second-order valence-electron chi connectivity index (χ2n) is 4.82. The van der Waals surface area contributed by atoms with Crippen LogP contribution in [0.5, 0.6) is 0 Å². The van der Waals surface area contributed by atoms with E-state index in [-0.39, 0.29) is 12.1 Å².